The Morgan fingerprint density at radius 2 is 2.10 bits per heavy atom. The normalized spacial score (nSPS) is 14.5. The number of methoxy groups -OCH3 is 1. The largest absolute Gasteiger partial charge is 0.468 e. The highest BCUT2D eigenvalue weighted by atomic mass is 79.9. The Morgan fingerprint density at radius 3 is 2.57 bits per heavy atom. The van der Waals surface area contributed by atoms with E-state index in [0.29, 0.717) is 6.42 Å². The quantitative estimate of drug-likeness (QED) is 0.768. The number of hydrogen-bond donors (Lipinski definition) is 1. The number of rotatable bonds is 6. The van der Waals surface area contributed by atoms with Crippen LogP contribution in [-0.2, 0) is 19.6 Å². The maximum absolute atomic E-state index is 13.0. The van der Waals surface area contributed by atoms with Crippen molar-refractivity contribution in [1.82, 2.24) is 4.72 Å². The van der Waals surface area contributed by atoms with Gasteiger partial charge in [-0.3, -0.25) is 4.79 Å². The van der Waals surface area contributed by atoms with Crippen LogP contribution in [-0.4, -0.2) is 27.5 Å². The second kappa shape index (κ2) is 7.33. The van der Waals surface area contributed by atoms with Crippen LogP contribution in [0.3, 0.4) is 0 Å². The Morgan fingerprint density at radius 1 is 1.48 bits per heavy atom. The molecule has 0 aromatic heterocycles. The van der Waals surface area contributed by atoms with Crippen LogP contribution in [0.5, 0.6) is 0 Å². The molecule has 0 bridgehead atoms. The summed E-state index contributed by atoms with van der Waals surface area (Å²) in [6, 6.07) is 2.22. The number of sulfonamides is 1. The zero-order valence-corrected chi connectivity index (χ0v) is 14.3. The number of halogens is 2. The molecule has 0 amide bonds. The van der Waals surface area contributed by atoms with Gasteiger partial charge in [0.2, 0.25) is 10.0 Å². The monoisotopic (exact) mass is 381 g/mol. The lowest BCUT2D eigenvalue weighted by Gasteiger charge is -2.22. The predicted molar refractivity (Wildman–Crippen MR) is 79.7 cm³/mol. The maximum atomic E-state index is 13.0. The molecule has 0 aliphatic heterocycles. The predicted octanol–water partition coefficient (Wildman–Crippen LogP) is 2.45. The van der Waals surface area contributed by atoms with E-state index in [1.54, 1.807) is 6.92 Å². The summed E-state index contributed by atoms with van der Waals surface area (Å²) in [5, 5.41) is 0. The second-order valence-corrected chi connectivity index (χ2v) is 7.12. The molecule has 0 radical (unpaired) electrons. The molecular formula is C13H17BrFNO4S. The minimum absolute atomic E-state index is 0.0859. The zero-order valence-electron chi connectivity index (χ0n) is 11.9. The molecule has 0 saturated heterocycles. The Bertz CT molecular complexity index is 621. The van der Waals surface area contributed by atoms with E-state index >= 15 is 0 Å². The standard InChI is InChI=1S/C13H17BrFNO4S/c1-4-8(2)12(13(17)20-3)16-21(18,19)11-6-5-9(15)7-10(11)14/h5-8,12,16H,4H2,1-3H3/t8-,12+/m1/s1. The fraction of sp³-hybridized carbons (Fsp3) is 0.462. The minimum atomic E-state index is -3.98. The number of nitrogens with one attached hydrogen (secondary N) is 1. The molecule has 1 N–H and O–H groups in total. The van der Waals surface area contributed by atoms with Gasteiger partial charge in [0.25, 0.3) is 0 Å². The van der Waals surface area contributed by atoms with Crippen molar-refractivity contribution in [2.24, 2.45) is 5.92 Å². The van der Waals surface area contributed by atoms with Gasteiger partial charge in [-0.25, -0.2) is 12.8 Å². The van der Waals surface area contributed by atoms with Crippen LogP contribution in [0.4, 0.5) is 4.39 Å². The van der Waals surface area contributed by atoms with Gasteiger partial charge in [0, 0.05) is 4.47 Å². The first kappa shape index (κ1) is 18.1. The number of ether oxygens (including phenoxy) is 1. The van der Waals surface area contributed by atoms with E-state index in [9.17, 15) is 17.6 Å². The second-order valence-electron chi connectivity index (χ2n) is 4.58. The van der Waals surface area contributed by atoms with E-state index in [4.69, 9.17) is 0 Å². The Hall–Kier alpha value is -0.990. The summed E-state index contributed by atoms with van der Waals surface area (Å²) in [6.07, 6.45) is 0.590. The van der Waals surface area contributed by atoms with Crippen LogP contribution < -0.4 is 4.72 Å². The summed E-state index contributed by atoms with van der Waals surface area (Å²) in [7, 11) is -2.79. The van der Waals surface area contributed by atoms with Gasteiger partial charge < -0.3 is 4.74 Å². The van der Waals surface area contributed by atoms with Crippen molar-refractivity contribution < 1.29 is 22.3 Å². The van der Waals surface area contributed by atoms with Gasteiger partial charge in [-0.15, -0.1) is 0 Å². The number of esters is 1. The summed E-state index contributed by atoms with van der Waals surface area (Å²) in [5.41, 5.74) is 0. The molecule has 21 heavy (non-hydrogen) atoms. The topological polar surface area (TPSA) is 72.5 Å². The summed E-state index contributed by atoms with van der Waals surface area (Å²) in [5.74, 6) is -1.47. The fourth-order valence-corrected chi connectivity index (χ4v) is 4.03. The van der Waals surface area contributed by atoms with Crippen molar-refractivity contribution >= 4 is 31.9 Å². The highest BCUT2D eigenvalue weighted by Gasteiger charge is 2.31. The Balaban J connectivity index is 3.14. The molecule has 1 aromatic carbocycles. The van der Waals surface area contributed by atoms with Crippen LogP contribution >= 0.6 is 15.9 Å². The first-order valence-corrected chi connectivity index (χ1v) is 8.55. The van der Waals surface area contributed by atoms with Crippen LogP contribution in [0.15, 0.2) is 27.6 Å². The summed E-state index contributed by atoms with van der Waals surface area (Å²) >= 11 is 3.01. The molecular weight excluding hydrogens is 365 g/mol. The molecule has 0 fully saturated rings. The average Bonchev–Trinajstić information content (AvgIpc) is 2.42. The Labute approximate surface area is 132 Å². The van der Waals surface area contributed by atoms with Gasteiger partial charge in [-0.05, 0) is 40.0 Å². The van der Waals surface area contributed by atoms with Crippen molar-refractivity contribution in [2.75, 3.05) is 7.11 Å². The van der Waals surface area contributed by atoms with E-state index in [2.05, 4.69) is 25.4 Å². The van der Waals surface area contributed by atoms with Crippen molar-refractivity contribution in [3.05, 3.63) is 28.5 Å². The summed E-state index contributed by atoms with van der Waals surface area (Å²) in [4.78, 5) is 11.6. The molecule has 0 unspecified atom stereocenters. The average molecular weight is 382 g/mol. The molecule has 118 valence electrons. The highest BCUT2D eigenvalue weighted by Crippen LogP contribution is 2.24. The summed E-state index contributed by atoms with van der Waals surface area (Å²) < 4.78 is 44.8. The number of carbonyl (C=O) groups excluding carboxylic acids is 1. The third kappa shape index (κ3) is 4.49. The van der Waals surface area contributed by atoms with Gasteiger partial charge >= 0.3 is 5.97 Å². The molecule has 0 saturated carbocycles. The first-order valence-electron chi connectivity index (χ1n) is 6.28. The zero-order chi connectivity index (χ0) is 16.2. The third-order valence-electron chi connectivity index (χ3n) is 3.13. The highest BCUT2D eigenvalue weighted by molar-refractivity contribution is 9.10. The van der Waals surface area contributed by atoms with Gasteiger partial charge in [0.15, 0.2) is 0 Å². The van der Waals surface area contributed by atoms with E-state index in [1.165, 1.54) is 7.11 Å². The number of carbonyl (C=O) groups is 1. The third-order valence-corrected chi connectivity index (χ3v) is 5.55. The first-order chi connectivity index (χ1) is 9.72. The van der Waals surface area contributed by atoms with E-state index in [-0.39, 0.29) is 15.3 Å². The molecule has 1 rings (SSSR count). The van der Waals surface area contributed by atoms with Crippen molar-refractivity contribution in [1.29, 1.82) is 0 Å². The molecule has 8 heteroatoms. The van der Waals surface area contributed by atoms with Crippen molar-refractivity contribution in [3.8, 4) is 0 Å². The van der Waals surface area contributed by atoms with Crippen LogP contribution in [0, 0.1) is 11.7 Å². The molecule has 0 heterocycles. The molecule has 0 aliphatic rings. The van der Waals surface area contributed by atoms with Crippen LogP contribution in [0.25, 0.3) is 0 Å². The lowest BCUT2D eigenvalue weighted by atomic mass is 10.0. The minimum Gasteiger partial charge on any atom is -0.468 e. The Kier molecular flexibility index (Phi) is 6.30. The van der Waals surface area contributed by atoms with Crippen LogP contribution in [0.2, 0.25) is 0 Å². The molecule has 0 spiro atoms. The van der Waals surface area contributed by atoms with Crippen LogP contribution in [0.1, 0.15) is 20.3 Å². The SMILES string of the molecule is CC[C@@H](C)[C@H](NS(=O)(=O)c1ccc(F)cc1Br)C(=O)OC. The summed E-state index contributed by atoms with van der Waals surface area (Å²) in [6.45, 7) is 3.58. The lowest BCUT2D eigenvalue weighted by Crippen LogP contribution is -2.45. The maximum Gasteiger partial charge on any atom is 0.324 e. The van der Waals surface area contributed by atoms with E-state index in [1.807, 2.05) is 6.92 Å². The van der Waals surface area contributed by atoms with Crippen molar-refractivity contribution in [3.63, 3.8) is 0 Å². The van der Waals surface area contributed by atoms with Gasteiger partial charge in [-0.2, -0.15) is 4.72 Å². The smallest absolute Gasteiger partial charge is 0.324 e. The molecule has 2 atom stereocenters. The fourth-order valence-electron chi connectivity index (χ4n) is 1.68. The number of benzene rings is 1. The van der Waals surface area contributed by atoms with Gasteiger partial charge in [0.1, 0.15) is 11.9 Å². The lowest BCUT2D eigenvalue weighted by molar-refractivity contribution is -0.143. The molecule has 1 aromatic rings. The molecule has 5 nitrogen and oxygen atoms in total. The number of hydrogen-bond acceptors (Lipinski definition) is 4. The van der Waals surface area contributed by atoms with Gasteiger partial charge in [-0.1, -0.05) is 20.3 Å². The van der Waals surface area contributed by atoms with Crippen molar-refractivity contribution in [2.45, 2.75) is 31.2 Å². The van der Waals surface area contributed by atoms with E-state index in [0.717, 1.165) is 18.2 Å². The molecule has 0 aliphatic carbocycles. The van der Waals surface area contributed by atoms with E-state index < -0.39 is 27.9 Å². The van der Waals surface area contributed by atoms with Gasteiger partial charge in [0.05, 0.1) is 12.0 Å².